The van der Waals surface area contributed by atoms with Crippen LogP contribution in [0.25, 0.3) is 0 Å². The molecule has 154 valence electrons. The molecule has 0 spiro atoms. The van der Waals surface area contributed by atoms with E-state index in [9.17, 15) is 4.79 Å². The highest BCUT2D eigenvalue weighted by molar-refractivity contribution is 5.77. The van der Waals surface area contributed by atoms with Crippen LogP contribution in [-0.2, 0) is 17.8 Å². The SMILES string of the molecule is C[C@@H]1[C@@H](C)CCC[C@H]1NC(=O)C[NH+]1CC[NH+](Cc2ccc3c(c2)CCO3)CC1. The summed E-state index contributed by atoms with van der Waals surface area (Å²) in [7, 11) is 0. The second-order valence-corrected chi connectivity index (χ2v) is 9.34. The summed E-state index contributed by atoms with van der Waals surface area (Å²) in [6.45, 7) is 11.7. The second-order valence-electron chi connectivity index (χ2n) is 9.34. The summed E-state index contributed by atoms with van der Waals surface area (Å²) in [4.78, 5) is 15.6. The Labute approximate surface area is 169 Å². The van der Waals surface area contributed by atoms with Crippen molar-refractivity contribution in [1.29, 1.82) is 0 Å². The van der Waals surface area contributed by atoms with E-state index in [0.29, 0.717) is 18.5 Å². The number of piperazine rings is 1. The lowest BCUT2D eigenvalue weighted by atomic mass is 9.78. The minimum absolute atomic E-state index is 0.253. The maximum absolute atomic E-state index is 12.6. The van der Waals surface area contributed by atoms with E-state index in [1.165, 1.54) is 28.9 Å². The van der Waals surface area contributed by atoms with Crippen molar-refractivity contribution < 1.29 is 19.3 Å². The summed E-state index contributed by atoms with van der Waals surface area (Å²) >= 11 is 0. The van der Waals surface area contributed by atoms with Crippen molar-refractivity contribution in [3.63, 3.8) is 0 Å². The molecule has 1 saturated carbocycles. The van der Waals surface area contributed by atoms with Gasteiger partial charge in [0.15, 0.2) is 6.54 Å². The number of benzene rings is 1. The molecule has 3 aliphatic rings. The lowest BCUT2D eigenvalue weighted by molar-refractivity contribution is -1.02. The molecule has 1 aliphatic carbocycles. The van der Waals surface area contributed by atoms with Crippen molar-refractivity contribution in [2.24, 2.45) is 11.8 Å². The van der Waals surface area contributed by atoms with Crippen LogP contribution in [0.1, 0.15) is 44.2 Å². The van der Waals surface area contributed by atoms with Crippen molar-refractivity contribution in [3.8, 4) is 5.75 Å². The average Bonchev–Trinajstić information content (AvgIpc) is 3.15. The van der Waals surface area contributed by atoms with E-state index in [2.05, 4.69) is 37.4 Å². The predicted molar refractivity (Wildman–Crippen MR) is 110 cm³/mol. The molecule has 4 rings (SSSR count). The smallest absolute Gasteiger partial charge is 0.275 e. The number of amides is 1. The highest BCUT2D eigenvalue weighted by Gasteiger charge is 2.30. The number of nitrogens with one attached hydrogen (secondary N) is 3. The summed E-state index contributed by atoms with van der Waals surface area (Å²) in [5.74, 6) is 2.65. The molecule has 2 heterocycles. The van der Waals surface area contributed by atoms with Gasteiger partial charge in [0.2, 0.25) is 0 Å². The second kappa shape index (κ2) is 8.83. The zero-order valence-electron chi connectivity index (χ0n) is 17.6. The largest absolute Gasteiger partial charge is 0.493 e. The van der Waals surface area contributed by atoms with Crippen molar-refractivity contribution in [2.45, 2.75) is 52.1 Å². The van der Waals surface area contributed by atoms with E-state index in [0.717, 1.165) is 63.8 Å². The molecule has 1 amide bonds. The lowest BCUT2D eigenvalue weighted by Crippen LogP contribution is -3.28. The Balaban J connectivity index is 1.20. The van der Waals surface area contributed by atoms with Crippen LogP contribution in [0.15, 0.2) is 18.2 Å². The van der Waals surface area contributed by atoms with Crippen LogP contribution in [0.5, 0.6) is 5.75 Å². The molecule has 0 radical (unpaired) electrons. The molecule has 5 heteroatoms. The first-order valence-corrected chi connectivity index (χ1v) is 11.3. The van der Waals surface area contributed by atoms with Crippen LogP contribution >= 0.6 is 0 Å². The molecular weight excluding hydrogens is 350 g/mol. The van der Waals surface area contributed by atoms with Crippen LogP contribution in [0.3, 0.4) is 0 Å². The molecule has 0 bridgehead atoms. The topological polar surface area (TPSA) is 47.2 Å². The molecule has 3 atom stereocenters. The molecule has 3 N–H and O–H groups in total. The normalized spacial score (nSPS) is 32.4. The Morgan fingerprint density at radius 2 is 1.93 bits per heavy atom. The van der Waals surface area contributed by atoms with Crippen LogP contribution < -0.4 is 19.9 Å². The fourth-order valence-electron chi connectivity index (χ4n) is 5.22. The van der Waals surface area contributed by atoms with Gasteiger partial charge >= 0.3 is 0 Å². The molecule has 1 aromatic rings. The van der Waals surface area contributed by atoms with Crippen molar-refractivity contribution >= 4 is 5.91 Å². The Morgan fingerprint density at radius 1 is 1.14 bits per heavy atom. The number of fused-ring (bicyclic) bond motifs is 1. The lowest BCUT2D eigenvalue weighted by Gasteiger charge is -2.35. The molecule has 0 aromatic heterocycles. The van der Waals surface area contributed by atoms with Gasteiger partial charge < -0.3 is 19.9 Å². The Hall–Kier alpha value is -1.59. The summed E-state index contributed by atoms with van der Waals surface area (Å²) in [5, 5.41) is 3.34. The number of ether oxygens (including phenoxy) is 1. The van der Waals surface area contributed by atoms with E-state index in [1.54, 1.807) is 4.90 Å². The van der Waals surface area contributed by atoms with E-state index < -0.39 is 0 Å². The van der Waals surface area contributed by atoms with Crippen LogP contribution in [0.2, 0.25) is 0 Å². The number of rotatable bonds is 5. The third-order valence-corrected chi connectivity index (χ3v) is 7.34. The molecule has 2 aliphatic heterocycles. The fourth-order valence-corrected chi connectivity index (χ4v) is 5.22. The van der Waals surface area contributed by atoms with E-state index in [4.69, 9.17) is 4.74 Å². The molecule has 1 aromatic carbocycles. The monoisotopic (exact) mass is 387 g/mol. The van der Waals surface area contributed by atoms with Crippen molar-refractivity contribution in [1.82, 2.24) is 5.32 Å². The summed E-state index contributed by atoms with van der Waals surface area (Å²) < 4.78 is 5.61. The Bertz CT molecular complexity index is 684. The van der Waals surface area contributed by atoms with E-state index >= 15 is 0 Å². The van der Waals surface area contributed by atoms with E-state index in [1.807, 2.05) is 0 Å². The zero-order chi connectivity index (χ0) is 19.5. The third kappa shape index (κ3) is 4.69. The molecule has 2 fully saturated rings. The first-order chi connectivity index (χ1) is 13.6. The zero-order valence-corrected chi connectivity index (χ0v) is 17.6. The highest BCUT2D eigenvalue weighted by Crippen LogP contribution is 2.29. The average molecular weight is 388 g/mol. The van der Waals surface area contributed by atoms with Crippen molar-refractivity contribution in [3.05, 3.63) is 29.3 Å². The Morgan fingerprint density at radius 3 is 2.75 bits per heavy atom. The predicted octanol–water partition coefficient (Wildman–Crippen LogP) is -0.154. The van der Waals surface area contributed by atoms with Gasteiger partial charge in [-0.3, -0.25) is 4.79 Å². The van der Waals surface area contributed by atoms with Gasteiger partial charge in [0.1, 0.15) is 38.5 Å². The maximum atomic E-state index is 12.6. The molecular formula is C23H37N3O2+2. The van der Waals surface area contributed by atoms with Gasteiger partial charge in [0.25, 0.3) is 5.91 Å². The first kappa shape index (κ1) is 19.7. The van der Waals surface area contributed by atoms with Gasteiger partial charge in [-0.1, -0.05) is 26.7 Å². The highest BCUT2D eigenvalue weighted by atomic mass is 16.5. The van der Waals surface area contributed by atoms with E-state index in [-0.39, 0.29) is 5.91 Å². The van der Waals surface area contributed by atoms with Crippen LogP contribution in [-0.4, -0.2) is 51.3 Å². The van der Waals surface area contributed by atoms with Gasteiger partial charge in [-0.15, -0.1) is 0 Å². The number of hydrogen-bond acceptors (Lipinski definition) is 2. The number of quaternary nitrogens is 2. The minimum Gasteiger partial charge on any atom is -0.493 e. The molecule has 0 unspecified atom stereocenters. The fraction of sp³-hybridized carbons (Fsp3) is 0.696. The standard InChI is InChI=1S/C23H35N3O2/c1-17-4-3-5-21(18(17)2)24-23(27)16-26-11-9-25(10-12-26)15-19-6-7-22-20(14-19)8-13-28-22/h6-7,14,17-18,21H,3-5,8-13,15-16H2,1-2H3,(H,24,27)/p+2/t17-,18+,21+/m0/s1. The maximum Gasteiger partial charge on any atom is 0.275 e. The Kier molecular flexibility index (Phi) is 6.22. The molecule has 28 heavy (non-hydrogen) atoms. The first-order valence-electron chi connectivity index (χ1n) is 11.3. The third-order valence-electron chi connectivity index (χ3n) is 7.34. The van der Waals surface area contributed by atoms with Gasteiger partial charge in [-0.05, 0) is 42.0 Å². The van der Waals surface area contributed by atoms with Gasteiger partial charge in [-0.25, -0.2) is 0 Å². The summed E-state index contributed by atoms with van der Waals surface area (Å²) in [6.07, 6.45) is 4.75. The molecule has 5 nitrogen and oxygen atoms in total. The van der Waals surface area contributed by atoms with Crippen molar-refractivity contribution in [2.75, 3.05) is 39.3 Å². The number of carbonyl (C=O) groups is 1. The van der Waals surface area contributed by atoms with Crippen LogP contribution in [0.4, 0.5) is 0 Å². The summed E-state index contributed by atoms with van der Waals surface area (Å²) in [5.41, 5.74) is 2.78. The quantitative estimate of drug-likeness (QED) is 0.658. The summed E-state index contributed by atoms with van der Waals surface area (Å²) in [6, 6.07) is 7.06. The minimum atomic E-state index is 0.253. The van der Waals surface area contributed by atoms with Gasteiger partial charge in [0, 0.05) is 18.0 Å². The number of carbonyl (C=O) groups excluding carboxylic acids is 1. The van der Waals surface area contributed by atoms with Gasteiger partial charge in [-0.2, -0.15) is 0 Å². The van der Waals surface area contributed by atoms with Crippen LogP contribution in [0, 0.1) is 11.8 Å². The van der Waals surface area contributed by atoms with Gasteiger partial charge in [0.05, 0.1) is 6.61 Å². The number of hydrogen-bond donors (Lipinski definition) is 3. The molecule has 1 saturated heterocycles.